The molecule has 0 aliphatic heterocycles. The first kappa shape index (κ1) is 26.0. The topological polar surface area (TPSA) is 12.0 Å². The van der Waals surface area contributed by atoms with Gasteiger partial charge in [-0.1, -0.05) is 55.4 Å². The van der Waals surface area contributed by atoms with Gasteiger partial charge in [-0.2, -0.15) is 0 Å². The van der Waals surface area contributed by atoms with Crippen LogP contribution in [0.15, 0.2) is 0 Å². The van der Waals surface area contributed by atoms with Crippen LogP contribution in [0.1, 0.15) is 61.8 Å². The average Bonchev–Trinajstić information content (AvgIpc) is 2.42. The third-order valence-electron chi connectivity index (χ3n) is 3.97. The van der Waals surface area contributed by atoms with Crippen molar-refractivity contribution in [2.24, 2.45) is 0 Å². The molecule has 0 aliphatic rings. The van der Waals surface area contributed by atoms with Crippen LogP contribution >= 0.6 is 25.4 Å². The molecule has 0 aromatic heterocycles. The number of rotatable bonds is 11. The number of halogens is 1. The fraction of sp³-hybridized carbons (Fsp3) is 1.00. The van der Waals surface area contributed by atoms with Crippen molar-refractivity contribution in [3.63, 3.8) is 0 Å². The van der Waals surface area contributed by atoms with Crippen molar-refractivity contribution >= 4 is 25.4 Å². The molecule has 0 saturated heterocycles. The molecular weight excluding hydrogens is 508 g/mol. The monoisotopic (exact) mass is 549 g/mol. The summed E-state index contributed by atoms with van der Waals surface area (Å²) >= 11 is 1.19. The van der Waals surface area contributed by atoms with Crippen molar-refractivity contribution in [2.45, 2.75) is 84.4 Å². The van der Waals surface area contributed by atoms with Crippen LogP contribution in [0.5, 0.6) is 0 Å². The van der Waals surface area contributed by atoms with Gasteiger partial charge in [-0.25, -0.2) is 0 Å². The van der Waals surface area contributed by atoms with Gasteiger partial charge in [0.1, 0.15) is 0 Å². The van der Waals surface area contributed by atoms with Crippen LogP contribution in [0.3, 0.4) is 0 Å². The minimum atomic E-state index is 0.209. The summed E-state index contributed by atoms with van der Waals surface area (Å²) < 4.78 is 0. The van der Waals surface area contributed by atoms with E-state index in [1.165, 1.54) is 49.7 Å². The number of hydrogen-bond donors (Lipinski definition) is 1. The van der Waals surface area contributed by atoms with Gasteiger partial charge in [0.15, 0.2) is 0 Å². The van der Waals surface area contributed by atoms with E-state index in [1.807, 2.05) is 0 Å². The molecule has 0 aromatic rings. The summed E-state index contributed by atoms with van der Waals surface area (Å²) in [6.45, 7) is 21.6. The molecule has 0 aliphatic carbocycles. The molecule has 0 bridgehead atoms. The molecule has 0 aromatic carbocycles. The summed E-state index contributed by atoms with van der Waals surface area (Å²) in [5.41, 5.74) is 3.53. The molecule has 0 rings (SSSR count). The Bertz CT molecular complexity index is 199. The standard InChI is InChI=1S/C17H39NP2.ClH.Ir.2H/c1-14(2)19(15(3)4)12-9-10-18-11-13-20(16(5)6)17(7)8;;;;/h14-18H,9-13H2,1-8H3;1H;;;/q;;+1;;/p-1. The Hall–Kier alpha value is 1.76. The Morgan fingerprint density at radius 1 is 0.682 bits per heavy atom. The maximum absolute atomic E-state index is 4.69. The predicted octanol–water partition coefficient (Wildman–Crippen LogP) is 5.72. The fourth-order valence-corrected chi connectivity index (χ4v) is 8.34. The SMILES string of the molecule is CC(C)P(CCCNCCP(C(C)C)C(C)C)C(C)C.[Cl][IrH2]. The first-order valence-corrected chi connectivity index (χ1v) is 15.3. The van der Waals surface area contributed by atoms with E-state index in [9.17, 15) is 0 Å². The van der Waals surface area contributed by atoms with E-state index in [4.69, 9.17) is 9.58 Å². The summed E-state index contributed by atoms with van der Waals surface area (Å²) in [6.07, 6.45) is 4.21. The molecular formula is C17H41ClIrNP2. The van der Waals surface area contributed by atoms with Crippen molar-refractivity contribution in [3.8, 4) is 0 Å². The Kier molecular flexibility index (Phi) is 19.2. The van der Waals surface area contributed by atoms with Crippen LogP contribution in [-0.2, 0) is 17.9 Å². The molecule has 22 heavy (non-hydrogen) atoms. The van der Waals surface area contributed by atoms with Crippen molar-refractivity contribution in [2.75, 3.05) is 25.4 Å². The Morgan fingerprint density at radius 3 is 1.41 bits per heavy atom. The van der Waals surface area contributed by atoms with Crippen LogP contribution in [0, 0.1) is 0 Å². The molecule has 0 radical (unpaired) electrons. The molecule has 0 spiro atoms. The van der Waals surface area contributed by atoms with Crippen LogP contribution < -0.4 is 5.32 Å². The van der Waals surface area contributed by atoms with Gasteiger partial charge in [0, 0.05) is 0 Å². The summed E-state index contributed by atoms with van der Waals surface area (Å²) in [5, 5.41) is 3.69. The van der Waals surface area contributed by atoms with E-state index in [2.05, 4.69) is 60.7 Å². The van der Waals surface area contributed by atoms with E-state index in [-0.39, 0.29) is 15.8 Å². The second-order valence-corrected chi connectivity index (χ2v) is 14.0. The third kappa shape index (κ3) is 13.1. The summed E-state index contributed by atoms with van der Waals surface area (Å²) in [7, 11) is 5.13. The van der Waals surface area contributed by atoms with Gasteiger partial charge in [-0.05, 0) is 54.5 Å². The van der Waals surface area contributed by atoms with E-state index in [1.54, 1.807) is 0 Å². The van der Waals surface area contributed by atoms with Crippen LogP contribution in [0.4, 0.5) is 0 Å². The molecule has 0 amide bonds. The quantitative estimate of drug-likeness (QED) is 0.257. The maximum atomic E-state index is 4.69. The van der Waals surface area contributed by atoms with E-state index in [0.29, 0.717) is 0 Å². The van der Waals surface area contributed by atoms with Gasteiger partial charge in [-0.3, -0.25) is 0 Å². The van der Waals surface area contributed by atoms with Crippen LogP contribution in [-0.4, -0.2) is 48.0 Å². The number of nitrogens with one attached hydrogen (secondary N) is 1. The van der Waals surface area contributed by atoms with E-state index >= 15 is 0 Å². The summed E-state index contributed by atoms with van der Waals surface area (Å²) in [5.74, 6) is 0. The third-order valence-corrected chi connectivity index (χ3v) is 10.8. The van der Waals surface area contributed by atoms with Crippen molar-refractivity contribution in [3.05, 3.63) is 0 Å². The first-order chi connectivity index (χ1) is 10.3. The van der Waals surface area contributed by atoms with Gasteiger partial charge in [0.25, 0.3) is 0 Å². The van der Waals surface area contributed by atoms with E-state index in [0.717, 1.165) is 22.6 Å². The molecule has 0 fully saturated rings. The second-order valence-electron chi connectivity index (χ2n) is 6.95. The number of hydrogen-bond acceptors (Lipinski definition) is 1. The fourth-order valence-electron chi connectivity index (χ4n) is 2.95. The Morgan fingerprint density at radius 2 is 1.05 bits per heavy atom. The Labute approximate surface area is 158 Å². The van der Waals surface area contributed by atoms with Crippen LogP contribution in [0.25, 0.3) is 0 Å². The normalized spacial score (nSPS) is 12.0. The summed E-state index contributed by atoms with van der Waals surface area (Å²) in [4.78, 5) is 0. The molecule has 0 heterocycles. The zero-order valence-corrected chi connectivity index (χ0v) is 21.3. The average molecular weight is 549 g/mol. The van der Waals surface area contributed by atoms with Gasteiger partial charge < -0.3 is 5.32 Å². The summed E-state index contributed by atoms with van der Waals surface area (Å²) in [6, 6.07) is 0. The molecule has 0 atom stereocenters. The Balaban J connectivity index is 0. The minimum absolute atomic E-state index is 0.209. The molecule has 5 heteroatoms. The van der Waals surface area contributed by atoms with Gasteiger partial charge in [0.2, 0.25) is 0 Å². The van der Waals surface area contributed by atoms with E-state index < -0.39 is 0 Å². The van der Waals surface area contributed by atoms with Gasteiger partial charge in [-0.15, -0.1) is 15.8 Å². The van der Waals surface area contributed by atoms with Gasteiger partial charge in [0.05, 0.1) is 0 Å². The zero-order valence-electron chi connectivity index (χ0n) is 16.0. The predicted molar refractivity (Wildman–Crippen MR) is 110 cm³/mol. The molecule has 0 saturated carbocycles. The molecule has 1 nitrogen and oxygen atoms in total. The van der Waals surface area contributed by atoms with Crippen molar-refractivity contribution in [1.82, 2.24) is 5.32 Å². The first-order valence-electron chi connectivity index (χ1n) is 8.63. The molecule has 140 valence electrons. The van der Waals surface area contributed by atoms with Gasteiger partial charge >= 0.3 is 27.5 Å². The van der Waals surface area contributed by atoms with Crippen molar-refractivity contribution in [1.29, 1.82) is 0 Å². The second kappa shape index (κ2) is 16.2. The van der Waals surface area contributed by atoms with Crippen LogP contribution in [0.2, 0.25) is 0 Å². The zero-order chi connectivity index (χ0) is 17.7. The molecule has 1 N–H and O–H groups in total. The molecule has 0 unspecified atom stereocenters. The van der Waals surface area contributed by atoms with Crippen molar-refractivity contribution < 1.29 is 17.9 Å².